The summed E-state index contributed by atoms with van der Waals surface area (Å²) in [5.74, 6) is -0.578. The van der Waals surface area contributed by atoms with Crippen LogP contribution < -0.4 is 5.32 Å². The fourth-order valence-corrected chi connectivity index (χ4v) is 5.66. The molecule has 2 aromatic carbocycles. The highest BCUT2D eigenvalue weighted by Crippen LogP contribution is 2.42. The predicted molar refractivity (Wildman–Crippen MR) is 128 cm³/mol. The summed E-state index contributed by atoms with van der Waals surface area (Å²) < 4.78 is 4.27. The molecular formula is C27H25N3O3. The largest absolute Gasteiger partial charge is 0.396 e. The zero-order valence-corrected chi connectivity index (χ0v) is 18.5. The first-order valence-corrected chi connectivity index (χ1v) is 11.4. The fraction of sp³-hybridized carbons (Fsp3) is 0.259. The fourth-order valence-electron chi connectivity index (χ4n) is 5.66. The molecular weight excluding hydrogens is 414 g/mol. The molecule has 2 aromatic heterocycles. The average Bonchev–Trinajstić information content (AvgIpc) is 3.34. The molecule has 2 aliphatic rings. The van der Waals surface area contributed by atoms with Gasteiger partial charge in [-0.3, -0.25) is 14.9 Å². The number of carbonyl (C=O) groups excluding carboxylic acids is 2. The van der Waals surface area contributed by atoms with Crippen LogP contribution >= 0.6 is 0 Å². The van der Waals surface area contributed by atoms with Crippen LogP contribution in [-0.4, -0.2) is 32.7 Å². The van der Waals surface area contributed by atoms with Gasteiger partial charge in [-0.05, 0) is 37.3 Å². The first-order valence-electron chi connectivity index (χ1n) is 11.4. The second-order valence-corrected chi connectivity index (χ2v) is 9.09. The minimum Gasteiger partial charge on any atom is -0.396 e. The Balaban J connectivity index is 1.71. The maximum absolute atomic E-state index is 13.3. The molecule has 1 unspecified atom stereocenters. The minimum absolute atomic E-state index is 0.112. The lowest BCUT2D eigenvalue weighted by Gasteiger charge is -2.13. The Morgan fingerprint density at radius 3 is 2.45 bits per heavy atom. The normalized spacial score (nSPS) is 18.8. The summed E-state index contributed by atoms with van der Waals surface area (Å²) in [6.07, 6.45) is 4.52. The van der Waals surface area contributed by atoms with E-state index in [1.165, 1.54) is 0 Å². The first kappa shape index (κ1) is 20.0. The quantitative estimate of drug-likeness (QED) is 0.479. The molecule has 2 aliphatic heterocycles. The number of imide groups is 1. The molecule has 166 valence electrons. The maximum Gasteiger partial charge on any atom is 0.259 e. The van der Waals surface area contributed by atoms with Crippen LogP contribution in [0.15, 0.2) is 54.7 Å². The second-order valence-electron chi connectivity index (χ2n) is 9.09. The Labute approximate surface area is 191 Å². The molecule has 4 heterocycles. The van der Waals surface area contributed by atoms with Gasteiger partial charge in [0.05, 0.1) is 11.1 Å². The number of carbonyl (C=O) groups is 2. The third-order valence-corrected chi connectivity index (χ3v) is 7.16. The van der Waals surface area contributed by atoms with E-state index in [4.69, 9.17) is 0 Å². The monoisotopic (exact) mass is 439 g/mol. The van der Waals surface area contributed by atoms with Crippen LogP contribution in [-0.2, 0) is 29.6 Å². The third-order valence-electron chi connectivity index (χ3n) is 7.16. The van der Waals surface area contributed by atoms with E-state index < -0.39 is 0 Å². The highest BCUT2D eigenvalue weighted by Gasteiger charge is 2.37. The molecule has 6 rings (SSSR count). The number of rotatable bonds is 3. The van der Waals surface area contributed by atoms with Crippen LogP contribution in [0.5, 0.6) is 0 Å². The first-order chi connectivity index (χ1) is 16.1. The van der Waals surface area contributed by atoms with Crippen LogP contribution in [0.2, 0.25) is 0 Å². The van der Waals surface area contributed by atoms with Crippen molar-refractivity contribution in [2.75, 3.05) is 6.61 Å². The minimum atomic E-state index is -0.359. The van der Waals surface area contributed by atoms with E-state index in [-0.39, 0.29) is 24.3 Å². The predicted octanol–water partition coefficient (Wildman–Crippen LogP) is 3.65. The van der Waals surface area contributed by atoms with E-state index in [9.17, 15) is 14.7 Å². The number of nitrogens with zero attached hydrogens (tertiary/aromatic N) is 2. The summed E-state index contributed by atoms with van der Waals surface area (Å²) in [5.41, 5.74) is 5.58. The molecule has 0 radical (unpaired) electrons. The number of aliphatic hydroxyl groups is 1. The third kappa shape index (κ3) is 2.91. The van der Waals surface area contributed by atoms with Gasteiger partial charge < -0.3 is 14.2 Å². The number of aliphatic hydroxyl groups excluding tert-OH is 1. The number of nitrogens with one attached hydrogen (secondary N) is 1. The maximum atomic E-state index is 13.3. The molecule has 0 spiro atoms. The molecule has 0 bridgehead atoms. The Kier molecular flexibility index (Phi) is 4.52. The van der Waals surface area contributed by atoms with Crippen LogP contribution in [0.25, 0.3) is 33.0 Å². The number of para-hydroxylation sites is 2. The van der Waals surface area contributed by atoms with Crippen LogP contribution in [0.3, 0.4) is 0 Å². The second kappa shape index (κ2) is 7.46. The zero-order chi connectivity index (χ0) is 22.7. The van der Waals surface area contributed by atoms with E-state index in [0.717, 1.165) is 58.0 Å². The lowest BCUT2D eigenvalue weighted by atomic mass is 9.91. The SMILES string of the molecule is Cn1cc(C2=C(c3c4n(c5ccccc35)CCCC(CO)C4)C(=O)NC2=O)c2ccccc21. The van der Waals surface area contributed by atoms with Crippen molar-refractivity contribution < 1.29 is 14.7 Å². The van der Waals surface area contributed by atoms with Gasteiger partial charge in [-0.15, -0.1) is 0 Å². The lowest BCUT2D eigenvalue weighted by molar-refractivity contribution is -0.122. The summed E-state index contributed by atoms with van der Waals surface area (Å²) in [4.78, 5) is 26.5. The summed E-state index contributed by atoms with van der Waals surface area (Å²) in [6.45, 7) is 0.945. The van der Waals surface area contributed by atoms with Crippen molar-refractivity contribution in [3.63, 3.8) is 0 Å². The van der Waals surface area contributed by atoms with Gasteiger partial charge in [0.25, 0.3) is 11.8 Å². The summed E-state index contributed by atoms with van der Waals surface area (Å²) >= 11 is 0. The number of amides is 2. The molecule has 2 N–H and O–H groups in total. The van der Waals surface area contributed by atoms with Gasteiger partial charge in [0.15, 0.2) is 0 Å². The van der Waals surface area contributed by atoms with E-state index >= 15 is 0 Å². The number of hydrogen-bond acceptors (Lipinski definition) is 3. The summed E-state index contributed by atoms with van der Waals surface area (Å²) in [6, 6.07) is 16.0. The Morgan fingerprint density at radius 2 is 1.67 bits per heavy atom. The standard InChI is InChI=1S/C27H25N3O3/c1-29-14-19(17-8-2-4-10-20(17)29)24-25(27(33)28-26(24)32)23-18-9-3-5-11-21(18)30-12-6-7-16(15-31)13-22(23)30/h2-5,8-11,14,16,31H,6-7,12-13,15H2,1H3,(H,28,32,33). The molecule has 6 nitrogen and oxygen atoms in total. The molecule has 6 heteroatoms. The van der Waals surface area contributed by atoms with Crippen LogP contribution in [0.1, 0.15) is 29.7 Å². The van der Waals surface area contributed by atoms with Crippen LogP contribution in [0.4, 0.5) is 0 Å². The Hall–Kier alpha value is -3.64. The Morgan fingerprint density at radius 1 is 0.970 bits per heavy atom. The molecule has 0 fully saturated rings. The molecule has 1 atom stereocenters. The van der Waals surface area contributed by atoms with E-state index in [2.05, 4.69) is 16.0 Å². The number of fused-ring (bicyclic) bond motifs is 4. The molecule has 0 aliphatic carbocycles. The zero-order valence-electron chi connectivity index (χ0n) is 18.5. The van der Waals surface area contributed by atoms with Crippen molar-refractivity contribution >= 4 is 44.8 Å². The van der Waals surface area contributed by atoms with Gasteiger partial charge in [-0.25, -0.2) is 0 Å². The van der Waals surface area contributed by atoms with Crippen molar-refractivity contribution in [2.24, 2.45) is 13.0 Å². The summed E-state index contributed by atoms with van der Waals surface area (Å²) in [5, 5.41) is 14.5. The number of aromatic nitrogens is 2. The van der Waals surface area contributed by atoms with E-state index in [0.29, 0.717) is 17.6 Å². The highest BCUT2D eigenvalue weighted by molar-refractivity contribution is 6.51. The highest BCUT2D eigenvalue weighted by atomic mass is 16.3. The van der Waals surface area contributed by atoms with E-state index in [1.807, 2.05) is 60.3 Å². The van der Waals surface area contributed by atoms with Gasteiger partial charge >= 0.3 is 0 Å². The van der Waals surface area contributed by atoms with Crippen molar-refractivity contribution in [3.05, 3.63) is 71.5 Å². The van der Waals surface area contributed by atoms with Gasteiger partial charge in [0, 0.05) is 65.0 Å². The molecule has 4 aromatic rings. The van der Waals surface area contributed by atoms with E-state index in [1.54, 1.807) is 0 Å². The number of hydrogen-bond donors (Lipinski definition) is 2. The summed E-state index contributed by atoms with van der Waals surface area (Å²) in [7, 11) is 1.95. The van der Waals surface area contributed by atoms with Gasteiger partial charge in [-0.2, -0.15) is 0 Å². The van der Waals surface area contributed by atoms with Crippen LogP contribution in [0, 0.1) is 5.92 Å². The molecule has 2 amide bonds. The van der Waals surface area contributed by atoms with Gasteiger partial charge in [0.2, 0.25) is 0 Å². The molecule has 33 heavy (non-hydrogen) atoms. The average molecular weight is 440 g/mol. The van der Waals surface area contributed by atoms with Gasteiger partial charge in [-0.1, -0.05) is 36.4 Å². The van der Waals surface area contributed by atoms with Crippen molar-refractivity contribution in [1.82, 2.24) is 14.5 Å². The smallest absolute Gasteiger partial charge is 0.259 e. The van der Waals surface area contributed by atoms with Crippen molar-refractivity contribution in [2.45, 2.75) is 25.8 Å². The van der Waals surface area contributed by atoms with Gasteiger partial charge in [0.1, 0.15) is 0 Å². The number of aryl methyl sites for hydroxylation is 2. The topological polar surface area (TPSA) is 76.3 Å². The number of benzene rings is 2. The van der Waals surface area contributed by atoms with Crippen molar-refractivity contribution in [3.8, 4) is 0 Å². The Bertz CT molecular complexity index is 1490. The van der Waals surface area contributed by atoms with Crippen molar-refractivity contribution in [1.29, 1.82) is 0 Å². The molecule has 0 saturated heterocycles. The molecule has 0 saturated carbocycles. The lowest BCUT2D eigenvalue weighted by Crippen LogP contribution is -2.23.